The van der Waals surface area contributed by atoms with Crippen LogP contribution in [0.5, 0.6) is 0 Å². The van der Waals surface area contributed by atoms with E-state index in [0.29, 0.717) is 0 Å². The van der Waals surface area contributed by atoms with Gasteiger partial charge in [-0.25, -0.2) is 0 Å². The highest BCUT2D eigenvalue weighted by atomic mass is 32.2. The van der Waals surface area contributed by atoms with Crippen LogP contribution in [0.3, 0.4) is 0 Å². The number of carboxylic acid groups (broad SMARTS) is 1. The minimum Gasteiger partial charge on any atom is -0.480 e. The van der Waals surface area contributed by atoms with Gasteiger partial charge in [0.1, 0.15) is 6.54 Å². The number of hydrogen-bond donors (Lipinski definition) is 2. The molecule has 0 saturated heterocycles. The van der Waals surface area contributed by atoms with Crippen molar-refractivity contribution in [3.63, 3.8) is 0 Å². The first-order chi connectivity index (χ1) is 6.95. The summed E-state index contributed by atoms with van der Waals surface area (Å²) in [6.07, 6.45) is 2.98. The lowest BCUT2D eigenvalue weighted by molar-refractivity contribution is -0.137. The molecule has 0 radical (unpaired) electrons. The molecule has 1 saturated carbocycles. The highest BCUT2D eigenvalue weighted by Gasteiger charge is 2.31. The molecule has 0 amide bonds. The van der Waals surface area contributed by atoms with Crippen LogP contribution in [0.2, 0.25) is 0 Å². The van der Waals surface area contributed by atoms with E-state index in [2.05, 4.69) is 11.3 Å². The molecule has 0 aliphatic heterocycles. The molecule has 0 heterocycles. The summed E-state index contributed by atoms with van der Waals surface area (Å²) < 4.78 is 26.5. The lowest BCUT2D eigenvalue weighted by Crippen LogP contribution is -2.44. The summed E-state index contributed by atoms with van der Waals surface area (Å²) in [6, 6.07) is -0.0314. The zero-order valence-corrected chi connectivity index (χ0v) is 9.03. The van der Waals surface area contributed by atoms with Crippen LogP contribution in [0.25, 0.3) is 0 Å². The Morgan fingerprint density at radius 1 is 1.60 bits per heavy atom. The molecule has 2 N–H and O–H groups in total. The molecule has 0 aromatic carbocycles. The molecule has 0 spiro atoms. The molecule has 1 fully saturated rings. The Labute approximate surface area is 88.8 Å². The Hall–Kier alpha value is -0.920. The molecular weight excluding hydrogens is 220 g/mol. The Morgan fingerprint density at radius 2 is 2.20 bits per heavy atom. The molecule has 7 heteroatoms. The largest absolute Gasteiger partial charge is 0.480 e. The van der Waals surface area contributed by atoms with E-state index in [0.717, 1.165) is 17.1 Å². The molecule has 1 aliphatic rings. The van der Waals surface area contributed by atoms with Gasteiger partial charge in [0, 0.05) is 12.6 Å². The molecule has 86 valence electrons. The predicted molar refractivity (Wildman–Crippen MR) is 54.5 cm³/mol. The third-order valence-electron chi connectivity index (χ3n) is 1.88. The van der Waals surface area contributed by atoms with Crippen LogP contribution in [0.4, 0.5) is 0 Å². The van der Waals surface area contributed by atoms with Crippen LogP contribution in [0.1, 0.15) is 12.8 Å². The summed E-state index contributed by atoms with van der Waals surface area (Å²) >= 11 is 0. The van der Waals surface area contributed by atoms with Gasteiger partial charge >= 0.3 is 5.97 Å². The van der Waals surface area contributed by atoms with Crippen LogP contribution < -0.4 is 4.72 Å². The van der Waals surface area contributed by atoms with E-state index >= 15 is 0 Å². The SMILES string of the molecule is C=CCN(CC(=O)O)S(=O)(=O)NC1CC1. The number of hydrogen-bond acceptors (Lipinski definition) is 3. The second kappa shape index (κ2) is 4.73. The smallest absolute Gasteiger partial charge is 0.318 e. The average Bonchev–Trinajstić information content (AvgIpc) is 2.86. The van der Waals surface area contributed by atoms with Crippen molar-refractivity contribution in [1.29, 1.82) is 0 Å². The van der Waals surface area contributed by atoms with Crippen LogP contribution >= 0.6 is 0 Å². The van der Waals surface area contributed by atoms with Crippen molar-refractivity contribution in [1.82, 2.24) is 9.03 Å². The van der Waals surface area contributed by atoms with Gasteiger partial charge in [-0.2, -0.15) is 17.4 Å². The fourth-order valence-electron chi connectivity index (χ4n) is 1.03. The minimum absolute atomic E-state index is 0.00560. The van der Waals surface area contributed by atoms with Crippen LogP contribution in [-0.2, 0) is 15.0 Å². The minimum atomic E-state index is -3.69. The molecule has 15 heavy (non-hydrogen) atoms. The quantitative estimate of drug-likeness (QED) is 0.584. The second-order valence-corrected chi connectivity index (χ2v) is 5.07. The summed E-state index contributed by atoms with van der Waals surface area (Å²) in [5.74, 6) is -1.18. The number of nitrogens with zero attached hydrogens (tertiary/aromatic N) is 1. The maximum absolute atomic E-state index is 11.6. The summed E-state index contributed by atoms with van der Waals surface area (Å²) in [6.45, 7) is 2.84. The van der Waals surface area contributed by atoms with Gasteiger partial charge in [-0.15, -0.1) is 6.58 Å². The van der Waals surface area contributed by atoms with Gasteiger partial charge in [0.2, 0.25) is 0 Å². The van der Waals surface area contributed by atoms with Crippen molar-refractivity contribution in [3.8, 4) is 0 Å². The lowest BCUT2D eigenvalue weighted by Gasteiger charge is -2.18. The number of aliphatic carboxylic acids is 1. The first-order valence-electron chi connectivity index (χ1n) is 4.56. The Bertz CT molecular complexity index is 348. The molecular formula is C8H14N2O4S. The number of nitrogens with one attached hydrogen (secondary N) is 1. The third kappa shape index (κ3) is 3.98. The number of carboxylic acids is 1. The lowest BCUT2D eigenvalue weighted by atomic mass is 10.6. The van der Waals surface area contributed by atoms with E-state index in [1.54, 1.807) is 0 Å². The molecule has 6 nitrogen and oxygen atoms in total. The van der Waals surface area contributed by atoms with Gasteiger partial charge < -0.3 is 5.11 Å². The maximum atomic E-state index is 11.6. The van der Waals surface area contributed by atoms with Crippen molar-refractivity contribution >= 4 is 16.2 Å². The summed E-state index contributed by atoms with van der Waals surface area (Å²) in [5, 5.41) is 8.56. The van der Waals surface area contributed by atoms with Crippen LogP contribution in [0.15, 0.2) is 12.7 Å². The van der Waals surface area contributed by atoms with Crippen molar-refractivity contribution in [2.24, 2.45) is 0 Å². The predicted octanol–water partition coefficient (Wildman–Crippen LogP) is -0.444. The Balaban J connectivity index is 2.66. The van der Waals surface area contributed by atoms with Gasteiger partial charge in [-0.1, -0.05) is 6.08 Å². The fraction of sp³-hybridized carbons (Fsp3) is 0.625. The van der Waals surface area contributed by atoms with Gasteiger partial charge in [0.25, 0.3) is 10.2 Å². The van der Waals surface area contributed by atoms with Gasteiger partial charge in [0.15, 0.2) is 0 Å². The van der Waals surface area contributed by atoms with E-state index in [4.69, 9.17) is 5.11 Å². The molecule has 1 rings (SSSR count). The molecule has 0 aromatic heterocycles. The van der Waals surface area contributed by atoms with Crippen molar-refractivity contribution in [3.05, 3.63) is 12.7 Å². The van der Waals surface area contributed by atoms with Crippen molar-refractivity contribution in [2.45, 2.75) is 18.9 Å². The highest BCUT2D eigenvalue weighted by Crippen LogP contribution is 2.20. The van der Waals surface area contributed by atoms with Gasteiger partial charge in [-0.3, -0.25) is 4.79 Å². The zero-order chi connectivity index (χ0) is 11.5. The average molecular weight is 234 g/mol. The van der Waals surface area contributed by atoms with Gasteiger partial charge in [0.05, 0.1) is 0 Å². The molecule has 0 aromatic rings. The molecule has 0 bridgehead atoms. The topological polar surface area (TPSA) is 86.7 Å². The summed E-state index contributed by atoms with van der Waals surface area (Å²) in [5.41, 5.74) is 0. The highest BCUT2D eigenvalue weighted by molar-refractivity contribution is 7.87. The molecule has 0 unspecified atom stereocenters. The van der Waals surface area contributed by atoms with E-state index in [9.17, 15) is 13.2 Å². The number of carbonyl (C=O) groups is 1. The standard InChI is InChI=1S/C8H14N2O4S/c1-2-5-10(6-8(11)12)15(13,14)9-7-3-4-7/h2,7,9H,1,3-6H2,(H,11,12). The normalized spacial score (nSPS) is 16.6. The first-order valence-corrected chi connectivity index (χ1v) is 6.00. The maximum Gasteiger partial charge on any atom is 0.318 e. The van der Waals surface area contributed by atoms with Gasteiger partial charge in [-0.05, 0) is 12.8 Å². The van der Waals surface area contributed by atoms with Crippen molar-refractivity contribution in [2.75, 3.05) is 13.1 Å². The number of rotatable bonds is 7. The van der Waals surface area contributed by atoms with E-state index in [1.807, 2.05) is 0 Å². The van der Waals surface area contributed by atoms with Crippen LogP contribution in [-0.4, -0.2) is 42.9 Å². The summed E-state index contributed by atoms with van der Waals surface area (Å²) in [4.78, 5) is 10.5. The summed E-state index contributed by atoms with van der Waals surface area (Å²) in [7, 11) is -3.69. The van der Waals surface area contributed by atoms with E-state index in [-0.39, 0.29) is 12.6 Å². The fourth-order valence-corrected chi connectivity index (χ4v) is 2.42. The molecule has 0 atom stereocenters. The Kier molecular flexibility index (Phi) is 3.83. The monoisotopic (exact) mass is 234 g/mol. The van der Waals surface area contributed by atoms with Crippen LogP contribution in [0, 0.1) is 0 Å². The first kappa shape index (κ1) is 12.2. The zero-order valence-electron chi connectivity index (χ0n) is 8.22. The van der Waals surface area contributed by atoms with E-state index in [1.165, 1.54) is 6.08 Å². The Morgan fingerprint density at radius 3 is 2.60 bits per heavy atom. The second-order valence-electron chi connectivity index (χ2n) is 3.37. The molecule has 1 aliphatic carbocycles. The third-order valence-corrected chi connectivity index (χ3v) is 3.47. The van der Waals surface area contributed by atoms with Crippen molar-refractivity contribution < 1.29 is 18.3 Å². The van der Waals surface area contributed by atoms with E-state index < -0.39 is 22.7 Å².